The normalized spacial score (nSPS) is 22.5. The number of hydrogen-bond donors (Lipinski definition) is 0. The lowest BCUT2D eigenvalue weighted by Crippen LogP contribution is -2.65. The van der Waals surface area contributed by atoms with Crippen molar-refractivity contribution in [2.45, 2.75) is 70.2 Å². The molecule has 0 aromatic heterocycles. The van der Waals surface area contributed by atoms with Gasteiger partial charge in [-0.05, 0) is 46.9 Å². The molecule has 7 rings (SSSR count). The van der Waals surface area contributed by atoms with Gasteiger partial charge in [0.15, 0.2) is 5.78 Å². The zero-order chi connectivity index (χ0) is 35.0. The molecule has 1 saturated heterocycles. The fourth-order valence-electron chi connectivity index (χ4n) is 6.76. The van der Waals surface area contributed by atoms with E-state index in [-0.39, 0.29) is 38.6 Å². The molecule has 51 heavy (non-hydrogen) atoms. The van der Waals surface area contributed by atoms with Crippen LogP contribution in [0.15, 0.2) is 133 Å². The Morgan fingerprint density at radius 1 is 0.686 bits per heavy atom. The van der Waals surface area contributed by atoms with Crippen molar-refractivity contribution in [3.05, 3.63) is 178 Å². The van der Waals surface area contributed by atoms with Crippen LogP contribution < -0.4 is 0 Å². The summed E-state index contributed by atoms with van der Waals surface area (Å²) in [5, 5.41) is 0. The van der Waals surface area contributed by atoms with E-state index in [0.717, 1.165) is 22.3 Å². The quantitative estimate of drug-likeness (QED) is 0.109. The predicted octanol–water partition coefficient (Wildman–Crippen LogP) is 8.08. The molecule has 2 aliphatic heterocycles. The number of benzene rings is 5. The Morgan fingerprint density at radius 3 is 1.71 bits per heavy atom. The lowest BCUT2D eigenvalue weighted by Gasteiger charge is -2.51. The van der Waals surface area contributed by atoms with Crippen LogP contribution in [0.2, 0.25) is 0 Å². The molecular weight excluding hydrogens is 647 g/mol. The minimum Gasteiger partial charge on any atom is -0.374 e. The number of rotatable bonds is 14. The van der Waals surface area contributed by atoms with Gasteiger partial charge in [-0.1, -0.05) is 121 Å². The molecule has 5 aromatic carbocycles. The molecule has 2 heterocycles. The molecular formula is C43H41FO7. The van der Waals surface area contributed by atoms with E-state index in [1.165, 1.54) is 13.0 Å². The zero-order valence-electron chi connectivity index (χ0n) is 28.5. The fraction of sp³-hybridized carbons (Fsp3) is 0.279. The van der Waals surface area contributed by atoms with Gasteiger partial charge < -0.3 is 28.4 Å². The van der Waals surface area contributed by atoms with Crippen molar-refractivity contribution in [1.82, 2.24) is 0 Å². The monoisotopic (exact) mass is 688 g/mol. The Labute approximate surface area is 297 Å². The molecule has 0 amide bonds. The van der Waals surface area contributed by atoms with Gasteiger partial charge in [0.1, 0.15) is 30.2 Å². The molecule has 7 nitrogen and oxygen atoms in total. The highest BCUT2D eigenvalue weighted by atomic mass is 19.1. The topological polar surface area (TPSA) is 72.5 Å². The molecule has 0 saturated carbocycles. The maximum atomic E-state index is 15.2. The van der Waals surface area contributed by atoms with Crippen molar-refractivity contribution in [1.29, 1.82) is 0 Å². The highest BCUT2D eigenvalue weighted by molar-refractivity contribution is 5.94. The van der Waals surface area contributed by atoms with Crippen LogP contribution in [0.3, 0.4) is 0 Å². The average Bonchev–Trinajstić information content (AvgIpc) is 3.51. The van der Waals surface area contributed by atoms with E-state index in [9.17, 15) is 4.79 Å². The van der Waals surface area contributed by atoms with E-state index in [1.807, 2.05) is 121 Å². The number of carbonyl (C=O) groups is 1. The van der Waals surface area contributed by atoms with Crippen LogP contribution in [0.4, 0.5) is 4.39 Å². The molecule has 0 N–H and O–H groups in total. The summed E-state index contributed by atoms with van der Waals surface area (Å²) in [5.74, 6) is -2.58. The maximum Gasteiger partial charge on any atom is 0.226 e. The van der Waals surface area contributed by atoms with E-state index >= 15 is 4.39 Å². The summed E-state index contributed by atoms with van der Waals surface area (Å²) in [6.07, 6.45) is -3.06. The first kappa shape index (κ1) is 34.9. The van der Waals surface area contributed by atoms with Crippen molar-refractivity contribution in [3.63, 3.8) is 0 Å². The minimum atomic E-state index is -1.57. The molecule has 1 fully saturated rings. The standard InChI is InChI=1S/C43H41FO7/c1-30(45)36-23-37-35(22-38(36)44)28-50-43(37)42(49-27-34-20-12-5-13-21-34)41(48-26-33-18-10-4-11-19-33)40(47-25-32-16-8-3-9-17-32)39(51-43)29-46-24-31-14-6-2-7-15-31/h2-23,39-42H,24-29H2,1H3/t39-,40+,41+,42-,43+/m1/s1. The molecule has 5 atom stereocenters. The SMILES string of the molecule is CC(=O)c1cc2c(cc1F)CO[C@]21O[C@H](COCc2ccccc2)[C@H](OCc2ccccc2)[C@H](OCc2ccccc2)[C@H]1OCc1ccccc1. The Bertz CT molecular complexity index is 1870. The largest absolute Gasteiger partial charge is 0.374 e. The average molecular weight is 689 g/mol. The van der Waals surface area contributed by atoms with E-state index < -0.39 is 41.8 Å². The number of hydrogen-bond acceptors (Lipinski definition) is 7. The first-order valence-corrected chi connectivity index (χ1v) is 17.2. The molecule has 2 aliphatic rings. The Hall–Kier alpha value is -4.54. The molecule has 0 radical (unpaired) electrons. The van der Waals surface area contributed by atoms with Crippen molar-refractivity contribution in [2.75, 3.05) is 6.61 Å². The third kappa shape index (κ3) is 8.02. The predicted molar refractivity (Wildman–Crippen MR) is 189 cm³/mol. The highest BCUT2D eigenvalue weighted by Crippen LogP contribution is 2.49. The number of carbonyl (C=O) groups excluding carboxylic acids is 1. The second-order valence-electron chi connectivity index (χ2n) is 12.9. The van der Waals surface area contributed by atoms with Gasteiger partial charge >= 0.3 is 0 Å². The van der Waals surface area contributed by atoms with Crippen LogP contribution in [-0.2, 0) is 67.2 Å². The van der Waals surface area contributed by atoms with Crippen molar-refractivity contribution >= 4 is 5.78 Å². The number of ketones is 1. The molecule has 0 unspecified atom stereocenters. The molecule has 262 valence electrons. The minimum absolute atomic E-state index is 0.0498. The van der Waals surface area contributed by atoms with E-state index in [4.69, 9.17) is 28.4 Å². The summed E-state index contributed by atoms with van der Waals surface area (Å²) in [4.78, 5) is 12.6. The summed E-state index contributed by atoms with van der Waals surface area (Å²) < 4.78 is 55.6. The van der Waals surface area contributed by atoms with Crippen LogP contribution >= 0.6 is 0 Å². The molecule has 0 aliphatic carbocycles. The summed E-state index contributed by atoms with van der Waals surface area (Å²) >= 11 is 0. The van der Waals surface area contributed by atoms with E-state index in [2.05, 4.69) is 0 Å². The molecule has 8 heteroatoms. The summed E-state index contributed by atoms with van der Waals surface area (Å²) in [7, 11) is 0. The van der Waals surface area contributed by atoms with E-state index in [0.29, 0.717) is 17.7 Å². The fourth-order valence-corrected chi connectivity index (χ4v) is 6.76. The lowest BCUT2D eigenvalue weighted by atomic mass is 9.85. The van der Waals surface area contributed by atoms with Gasteiger partial charge in [0.25, 0.3) is 0 Å². The highest BCUT2D eigenvalue weighted by Gasteiger charge is 2.61. The second kappa shape index (κ2) is 16.2. The Balaban J connectivity index is 1.31. The summed E-state index contributed by atoms with van der Waals surface area (Å²) in [6, 6.07) is 42.4. The van der Waals surface area contributed by atoms with Crippen molar-refractivity contribution in [2.24, 2.45) is 0 Å². The number of ether oxygens (including phenoxy) is 6. The summed E-state index contributed by atoms with van der Waals surface area (Å²) in [6.45, 7) is 2.62. The van der Waals surface area contributed by atoms with Gasteiger partial charge in [-0.2, -0.15) is 0 Å². The first-order chi connectivity index (χ1) is 25.0. The number of halogens is 1. The van der Waals surface area contributed by atoms with Gasteiger partial charge in [-0.25, -0.2) is 4.39 Å². The third-order valence-electron chi connectivity index (χ3n) is 9.32. The van der Waals surface area contributed by atoms with Crippen molar-refractivity contribution < 1.29 is 37.6 Å². The first-order valence-electron chi connectivity index (χ1n) is 17.2. The molecule has 5 aromatic rings. The molecule has 0 bridgehead atoms. The van der Waals surface area contributed by atoms with Crippen LogP contribution in [0.1, 0.15) is 50.7 Å². The van der Waals surface area contributed by atoms with Gasteiger partial charge in [0, 0.05) is 5.56 Å². The van der Waals surface area contributed by atoms with Crippen LogP contribution in [0.25, 0.3) is 0 Å². The lowest BCUT2D eigenvalue weighted by molar-refractivity contribution is -0.387. The molecule has 1 spiro atoms. The van der Waals surface area contributed by atoms with Gasteiger partial charge in [0.05, 0.1) is 45.2 Å². The van der Waals surface area contributed by atoms with Crippen molar-refractivity contribution in [3.8, 4) is 0 Å². The maximum absolute atomic E-state index is 15.2. The zero-order valence-corrected chi connectivity index (χ0v) is 28.5. The smallest absolute Gasteiger partial charge is 0.226 e. The number of Topliss-reactive ketones (excluding diaryl/α,β-unsaturated/α-hetero) is 1. The summed E-state index contributed by atoms with van der Waals surface area (Å²) in [5.41, 5.74) is 4.93. The van der Waals surface area contributed by atoms with Crippen LogP contribution in [0, 0.1) is 5.82 Å². The van der Waals surface area contributed by atoms with Gasteiger partial charge in [-0.15, -0.1) is 0 Å². The van der Waals surface area contributed by atoms with Gasteiger partial charge in [0.2, 0.25) is 5.79 Å². The Kier molecular flexibility index (Phi) is 11.1. The Morgan fingerprint density at radius 2 is 1.18 bits per heavy atom. The number of fused-ring (bicyclic) bond motifs is 2. The van der Waals surface area contributed by atoms with Crippen LogP contribution in [-0.4, -0.2) is 36.8 Å². The van der Waals surface area contributed by atoms with E-state index in [1.54, 1.807) is 6.07 Å². The third-order valence-corrected chi connectivity index (χ3v) is 9.32. The second-order valence-corrected chi connectivity index (χ2v) is 12.9. The van der Waals surface area contributed by atoms with Crippen LogP contribution in [0.5, 0.6) is 0 Å². The van der Waals surface area contributed by atoms with Gasteiger partial charge in [-0.3, -0.25) is 4.79 Å².